The lowest BCUT2D eigenvalue weighted by molar-refractivity contribution is -0.147. The predicted octanol–water partition coefficient (Wildman–Crippen LogP) is 5.07. The molecule has 0 aromatic rings. The van der Waals surface area contributed by atoms with E-state index >= 15 is 0 Å². The van der Waals surface area contributed by atoms with Gasteiger partial charge in [0.1, 0.15) is 12.7 Å². The highest BCUT2D eigenvalue weighted by Crippen LogP contribution is 2.42. The molecule has 192 valence electrons. The molecule has 0 rings (SSSR count). The van der Waals surface area contributed by atoms with Crippen LogP contribution in [0.5, 0.6) is 0 Å². The maximum atomic E-state index is 11.7. The molecule has 9 heteroatoms. The third-order valence-corrected chi connectivity index (χ3v) is 6.13. The topological polar surface area (TPSA) is 106 Å². The van der Waals surface area contributed by atoms with E-state index in [1.54, 1.807) is 4.90 Å². The minimum Gasteiger partial charge on any atom is -0.463 e. The number of rotatable bonds is 23. The van der Waals surface area contributed by atoms with Crippen LogP contribution in [-0.4, -0.2) is 67.4 Å². The number of carbonyl (C=O) groups is 1. The number of hydrogen-bond acceptors (Lipinski definition) is 7. The summed E-state index contributed by atoms with van der Waals surface area (Å²) in [5, 5.41) is 9.76. The summed E-state index contributed by atoms with van der Waals surface area (Å²) < 4.78 is 26.2. The van der Waals surface area contributed by atoms with Gasteiger partial charge in [0, 0.05) is 13.0 Å². The number of hydrogen-bond donors (Lipinski definition) is 2. The highest BCUT2D eigenvalue weighted by molar-refractivity contribution is 7.47. The molecular formula is C23H48NO7P. The molecule has 0 fully saturated rings. The Morgan fingerprint density at radius 2 is 1.34 bits per heavy atom. The van der Waals surface area contributed by atoms with E-state index in [0.717, 1.165) is 19.3 Å². The van der Waals surface area contributed by atoms with Crippen molar-refractivity contribution in [1.82, 2.24) is 4.90 Å². The van der Waals surface area contributed by atoms with Crippen molar-refractivity contribution in [2.24, 2.45) is 0 Å². The number of aliphatic hydroxyl groups is 1. The van der Waals surface area contributed by atoms with Crippen molar-refractivity contribution < 1.29 is 33.1 Å². The van der Waals surface area contributed by atoms with Gasteiger partial charge in [0.25, 0.3) is 0 Å². The maximum absolute atomic E-state index is 11.7. The van der Waals surface area contributed by atoms with E-state index in [9.17, 15) is 19.4 Å². The van der Waals surface area contributed by atoms with Crippen molar-refractivity contribution >= 4 is 13.8 Å². The molecule has 0 spiro atoms. The molecule has 0 saturated carbocycles. The fraction of sp³-hybridized carbons (Fsp3) is 0.957. The number of carbonyl (C=O) groups excluding carboxylic acids is 1. The zero-order chi connectivity index (χ0) is 24.1. The average Bonchev–Trinajstić information content (AvgIpc) is 2.73. The van der Waals surface area contributed by atoms with E-state index in [4.69, 9.17) is 13.8 Å². The Kier molecular flexibility index (Phi) is 20.7. The fourth-order valence-corrected chi connectivity index (χ4v) is 3.90. The number of phosphoric acid groups is 1. The summed E-state index contributed by atoms with van der Waals surface area (Å²) in [6, 6.07) is 0. The van der Waals surface area contributed by atoms with Crippen LogP contribution in [0.3, 0.4) is 0 Å². The van der Waals surface area contributed by atoms with Gasteiger partial charge in [-0.25, -0.2) is 4.57 Å². The molecule has 0 aromatic heterocycles. The van der Waals surface area contributed by atoms with Crippen molar-refractivity contribution in [1.29, 1.82) is 0 Å². The molecule has 0 aromatic carbocycles. The number of phosphoric ester groups is 1. The Labute approximate surface area is 195 Å². The molecule has 2 atom stereocenters. The van der Waals surface area contributed by atoms with E-state index < -0.39 is 20.5 Å². The summed E-state index contributed by atoms with van der Waals surface area (Å²) in [6.45, 7) is 2.03. The first-order chi connectivity index (χ1) is 15.3. The molecule has 0 saturated heterocycles. The van der Waals surface area contributed by atoms with Crippen molar-refractivity contribution in [2.45, 2.75) is 103 Å². The van der Waals surface area contributed by atoms with Gasteiger partial charge >= 0.3 is 13.8 Å². The van der Waals surface area contributed by atoms with Gasteiger partial charge in [-0.3, -0.25) is 13.8 Å². The number of aliphatic hydroxyl groups excluding tert-OH is 1. The molecule has 32 heavy (non-hydrogen) atoms. The molecular weight excluding hydrogens is 433 g/mol. The van der Waals surface area contributed by atoms with Crippen LogP contribution in [0.25, 0.3) is 0 Å². The first kappa shape index (κ1) is 31.5. The minimum absolute atomic E-state index is 0.0327. The van der Waals surface area contributed by atoms with Crippen molar-refractivity contribution in [3.8, 4) is 0 Å². The summed E-state index contributed by atoms with van der Waals surface area (Å²) in [6.07, 6.45) is 15.3. The van der Waals surface area contributed by atoms with Gasteiger partial charge in [-0.15, -0.1) is 0 Å². The van der Waals surface area contributed by atoms with Crippen LogP contribution in [0.2, 0.25) is 0 Å². The molecule has 8 nitrogen and oxygen atoms in total. The Morgan fingerprint density at radius 3 is 1.84 bits per heavy atom. The van der Waals surface area contributed by atoms with Crippen molar-refractivity contribution in [3.05, 3.63) is 0 Å². The first-order valence-corrected chi connectivity index (χ1v) is 13.9. The van der Waals surface area contributed by atoms with Gasteiger partial charge < -0.3 is 19.6 Å². The second-order valence-corrected chi connectivity index (χ2v) is 10.2. The van der Waals surface area contributed by atoms with Gasteiger partial charge in [-0.1, -0.05) is 84.0 Å². The summed E-state index contributed by atoms with van der Waals surface area (Å²) in [7, 11) is -0.605. The lowest BCUT2D eigenvalue weighted by Gasteiger charge is -2.16. The zero-order valence-electron chi connectivity index (χ0n) is 20.6. The van der Waals surface area contributed by atoms with Crippen LogP contribution in [0.4, 0.5) is 0 Å². The molecule has 0 aliphatic carbocycles. The number of esters is 1. The molecule has 0 radical (unpaired) electrons. The van der Waals surface area contributed by atoms with E-state index in [2.05, 4.69) is 6.92 Å². The molecule has 0 aliphatic rings. The monoisotopic (exact) mass is 481 g/mol. The lowest BCUT2D eigenvalue weighted by Crippen LogP contribution is -2.24. The third kappa shape index (κ3) is 22.7. The predicted molar refractivity (Wildman–Crippen MR) is 128 cm³/mol. The Balaban J connectivity index is 3.52. The second-order valence-electron chi connectivity index (χ2n) is 8.73. The van der Waals surface area contributed by atoms with E-state index in [1.807, 2.05) is 14.1 Å². The van der Waals surface area contributed by atoms with Crippen LogP contribution in [-0.2, 0) is 23.1 Å². The van der Waals surface area contributed by atoms with Crippen LogP contribution >= 0.6 is 7.82 Å². The maximum Gasteiger partial charge on any atom is 0.472 e. The van der Waals surface area contributed by atoms with Gasteiger partial charge in [-0.05, 0) is 20.5 Å². The first-order valence-electron chi connectivity index (χ1n) is 12.4. The molecule has 2 N–H and O–H groups in total. The number of unbranched alkanes of at least 4 members (excludes halogenated alkanes) is 12. The molecule has 0 aliphatic heterocycles. The summed E-state index contributed by atoms with van der Waals surface area (Å²) in [5.74, 6) is -0.374. The molecule has 0 bridgehead atoms. The SMILES string of the molecule is CCCCCCCCCCCCCCCC(=O)OCC(O)COP(=O)(O)OCCN(C)C. The largest absolute Gasteiger partial charge is 0.472 e. The van der Waals surface area contributed by atoms with Crippen molar-refractivity contribution in [2.75, 3.05) is 40.5 Å². The highest BCUT2D eigenvalue weighted by atomic mass is 31.2. The lowest BCUT2D eigenvalue weighted by atomic mass is 10.0. The second kappa shape index (κ2) is 21.1. The third-order valence-electron chi connectivity index (χ3n) is 5.14. The molecule has 0 amide bonds. The van der Waals surface area contributed by atoms with E-state index in [-0.39, 0.29) is 19.2 Å². The standard InChI is InChI=1S/C23H48NO7P/c1-4-5-6-7-8-9-10-11-12-13-14-15-16-17-23(26)29-20-22(25)21-31-32(27,28)30-19-18-24(2)3/h22,25H,4-21H2,1-3H3,(H,27,28). The van der Waals surface area contributed by atoms with Crippen molar-refractivity contribution in [3.63, 3.8) is 0 Å². The van der Waals surface area contributed by atoms with Gasteiger partial charge in [0.15, 0.2) is 0 Å². The quantitative estimate of drug-likeness (QED) is 0.118. The van der Waals surface area contributed by atoms with E-state index in [0.29, 0.717) is 13.0 Å². The highest BCUT2D eigenvalue weighted by Gasteiger charge is 2.23. The zero-order valence-corrected chi connectivity index (χ0v) is 21.5. The normalized spacial score (nSPS) is 14.4. The van der Waals surface area contributed by atoms with Gasteiger partial charge in [0.2, 0.25) is 0 Å². The number of nitrogens with zero attached hydrogens (tertiary/aromatic N) is 1. The van der Waals surface area contributed by atoms with Crippen LogP contribution in [0.1, 0.15) is 96.8 Å². The van der Waals surface area contributed by atoms with Gasteiger partial charge in [0.05, 0.1) is 13.2 Å². The summed E-state index contributed by atoms with van der Waals surface area (Å²) >= 11 is 0. The Morgan fingerprint density at radius 1 is 0.844 bits per heavy atom. The molecule has 2 unspecified atom stereocenters. The fourth-order valence-electron chi connectivity index (χ4n) is 3.15. The average molecular weight is 482 g/mol. The van der Waals surface area contributed by atoms with Gasteiger partial charge in [-0.2, -0.15) is 0 Å². The Hall–Kier alpha value is -0.500. The smallest absolute Gasteiger partial charge is 0.463 e. The van der Waals surface area contributed by atoms with Crippen LogP contribution in [0, 0.1) is 0 Å². The molecule has 0 heterocycles. The van der Waals surface area contributed by atoms with Crippen LogP contribution in [0.15, 0.2) is 0 Å². The minimum atomic E-state index is -4.22. The summed E-state index contributed by atoms with van der Waals surface area (Å²) in [4.78, 5) is 23.1. The Bertz CT molecular complexity index is 491. The number of likely N-dealkylation sites (N-methyl/N-ethyl adjacent to an activating group) is 1. The summed E-state index contributed by atoms with van der Waals surface area (Å²) in [5.41, 5.74) is 0. The van der Waals surface area contributed by atoms with E-state index in [1.165, 1.54) is 64.2 Å². The number of ether oxygens (including phenoxy) is 1. The van der Waals surface area contributed by atoms with Crippen LogP contribution < -0.4 is 0 Å².